The van der Waals surface area contributed by atoms with Gasteiger partial charge in [-0.15, -0.1) is 0 Å². The molecule has 2 aromatic carbocycles. The van der Waals surface area contributed by atoms with E-state index < -0.39 is 0 Å². The zero-order valence-electron chi connectivity index (χ0n) is 14.6. The largest absolute Gasteiger partial charge is 0.372 e. The van der Waals surface area contributed by atoms with Crippen LogP contribution in [0, 0.1) is 0 Å². The number of ether oxygens (including phenoxy) is 1. The molecule has 0 aromatic heterocycles. The molecule has 1 unspecified atom stereocenters. The number of hydrogen-bond acceptors (Lipinski definition) is 3. The molecule has 0 bridgehead atoms. The van der Waals surface area contributed by atoms with Crippen LogP contribution in [0.5, 0.6) is 0 Å². The van der Waals surface area contributed by atoms with Gasteiger partial charge in [0.1, 0.15) is 0 Å². The number of nitrogens with zero attached hydrogens (tertiary/aromatic N) is 1. The molecule has 0 spiro atoms. The lowest BCUT2D eigenvalue weighted by atomic mass is 9.99. The molecular weight excluding hydrogens is 312 g/mol. The molecule has 1 amide bonds. The summed E-state index contributed by atoms with van der Waals surface area (Å²) in [5, 5.41) is 3.16. The highest BCUT2D eigenvalue weighted by Crippen LogP contribution is 2.23. The molecule has 0 aliphatic carbocycles. The van der Waals surface area contributed by atoms with Crippen molar-refractivity contribution in [2.75, 3.05) is 13.1 Å². The maximum Gasteiger partial charge on any atom is 0.251 e. The molecule has 4 heteroatoms. The van der Waals surface area contributed by atoms with E-state index in [1.54, 1.807) is 0 Å². The van der Waals surface area contributed by atoms with Gasteiger partial charge in [0.2, 0.25) is 0 Å². The van der Waals surface area contributed by atoms with Crippen molar-refractivity contribution in [2.24, 2.45) is 0 Å². The Morgan fingerprint density at radius 1 is 1.12 bits per heavy atom. The van der Waals surface area contributed by atoms with E-state index >= 15 is 0 Å². The molecule has 2 aliphatic rings. The zero-order chi connectivity index (χ0) is 17.2. The number of benzene rings is 2. The summed E-state index contributed by atoms with van der Waals surface area (Å²) < 4.78 is 5.48. The summed E-state index contributed by atoms with van der Waals surface area (Å²) in [5.74, 6) is 0.00672. The average Bonchev–Trinajstić information content (AvgIpc) is 3.10. The van der Waals surface area contributed by atoms with E-state index in [9.17, 15) is 4.79 Å². The first-order valence-corrected chi connectivity index (χ1v) is 8.99. The quantitative estimate of drug-likeness (QED) is 0.933. The van der Waals surface area contributed by atoms with E-state index in [4.69, 9.17) is 4.74 Å². The van der Waals surface area contributed by atoms with Gasteiger partial charge in [0.25, 0.3) is 5.91 Å². The molecule has 1 atom stereocenters. The van der Waals surface area contributed by atoms with E-state index in [0.29, 0.717) is 13.2 Å². The van der Waals surface area contributed by atoms with Crippen LogP contribution in [0.3, 0.4) is 0 Å². The van der Waals surface area contributed by atoms with Gasteiger partial charge >= 0.3 is 0 Å². The first-order valence-electron chi connectivity index (χ1n) is 8.99. The zero-order valence-corrected chi connectivity index (χ0v) is 14.6. The molecule has 0 radical (unpaired) electrons. The molecule has 25 heavy (non-hydrogen) atoms. The van der Waals surface area contributed by atoms with Gasteiger partial charge in [0.15, 0.2) is 0 Å². The Balaban J connectivity index is 1.37. The molecule has 0 saturated carbocycles. The second kappa shape index (κ2) is 6.98. The molecule has 2 heterocycles. The highest BCUT2D eigenvalue weighted by molar-refractivity contribution is 5.96. The van der Waals surface area contributed by atoms with Crippen LogP contribution in [0.25, 0.3) is 0 Å². The molecule has 4 nitrogen and oxygen atoms in total. The Hall–Kier alpha value is -2.17. The first-order chi connectivity index (χ1) is 12.2. The van der Waals surface area contributed by atoms with Crippen molar-refractivity contribution in [3.8, 4) is 0 Å². The summed E-state index contributed by atoms with van der Waals surface area (Å²) in [4.78, 5) is 15.1. The molecule has 2 aliphatic heterocycles. The van der Waals surface area contributed by atoms with Crippen LogP contribution in [-0.2, 0) is 30.9 Å². The van der Waals surface area contributed by atoms with Gasteiger partial charge < -0.3 is 10.1 Å². The van der Waals surface area contributed by atoms with Gasteiger partial charge in [-0.2, -0.15) is 0 Å². The van der Waals surface area contributed by atoms with Crippen molar-refractivity contribution >= 4 is 5.91 Å². The van der Waals surface area contributed by atoms with E-state index in [0.717, 1.165) is 42.7 Å². The van der Waals surface area contributed by atoms with E-state index in [2.05, 4.69) is 41.4 Å². The number of carbonyl (C=O) groups is 1. The molecular formula is C21H24N2O2. The number of carbonyl (C=O) groups excluding carboxylic acids is 1. The Labute approximate surface area is 148 Å². The SMILES string of the molecule is CC(CN1CCc2ccccc2C1)NC(=O)c1cccc2c1COC2. The van der Waals surface area contributed by atoms with Gasteiger partial charge in [-0.1, -0.05) is 36.4 Å². The summed E-state index contributed by atoms with van der Waals surface area (Å²) >= 11 is 0. The van der Waals surface area contributed by atoms with Crippen LogP contribution in [0.1, 0.15) is 39.5 Å². The fraction of sp³-hybridized carbons (Fsp3) is 0.381. The summed E-state index contributed by atoms with van der Waals surface area (Å²) in [6.45, 7) is 6.11. The summed E-state index contributed by atoms with van der Waals surface area (Å²) in [7, 11) is 0. The first kappa shape index (κ1) is 16.3. The topological polar surface area (TPSA) is 41.6 Å². The average molecular weight is 336 g/mol. The number of hydrogen-bond donors (Lipinski definition) is 1. The second-order valence-corrected chi connectivity index (χ2v) is 7.06. The Kier molecular flexibility index (Phi) is 4.55. The molecule has 2 aromatic rings. The van der Waals surface area contributed by atoms with E-state index in [1.165, 1.54) is 11.1 Å². The predicted molar refractivity (Wildman–Crippen MR) is 97.3 cm³/mol. The predicted octanol–water partition coefficient (Wildman–Crippen LogP) is 2.89. The van der Waals surface area contributed by atoms with E-state index in [-0.39, 0.29) is 11.9 Å². The Morgan fingerprint density at radius 3 is 2.80 bits per heavy atom. The van der Waals surface area contributed by atoms with Crippen molar-refractivity contribution in [3.63, 3.8) is 0 Å². The van der Waals surface area contributed by atoms with Crippen LogP contribution < -0.4 is 5.32 Å². The minimum atomic E-state index is 0.00672. The second-order valence-electron chi connectivity index (χ2n) is 7.06. The van der Waals surface area contributed by atoms with Crippen molar-refractivity contribution in [1.82, 2.24) is 10.2 Å². The summed E-state index contributed by atoms with van der Waals surface area (Å²) in [6.07, 6.45) is 1.08. The van der Waals surface area contributed by atoms with Crippen molar-refractivity contribution < 1.29 is 9.53 Å². The van der Waals surface area contributed by atoms with Crippen molar-refractivity contribution in [2.45, 2.75) is 39.1 Å². The third-order valence-corrected chi connectivity index (χ3v) is 5.14. The van der Waals surface area contributed by atoms with Gasteiger partial charge in [0.05, 0.1) is 13.2 Å². The molecule has 130 valence electrons. The van der Waals surface area contributed by atoms with Gasteiger partial charge in [0, 0.05) is 31.2 Å². The molecule has 4 rings (SSSR count). The lowest BCUT2D eigenvalue weighted by Gasteiger charge is -2.31. The Bertz CT molecular complexity index is 787. The van der Waals surface area contributed by atoms with Gasteiger partial charge in [-0.3, -0.25) is 9.69 Å². The molecule has 1 N–H and O–H groups in total. The summed E-state index contributed by atoms with van der Waals surface area (Å²) in [6, 6.07) is 14.6. The minimum absolute atomic E-state index is 0.00672. The number of amides is 1. The van der Waals surface area contributed by atoms with E-state index in [1.807, 2.05) is 18.2 Å². The van der Waals surface area contributed by atoms with Crippen molar-refractivity contribution in [1.29, 1.82) is 0 Å². The smallest absolute Gasteiger partial charge is 0.251 e. The third-order valence-electron chi connectivity index (χ3n) is 5.14. The van der Waals surface area contributed by atoms with Gasteiger partial charge in [-0.05, 0) is 41.7 Å². The maximum absolute atomic E-state index is 12.7. The normalized spacial score (nSPS) is 17.6. The number of nitrogens with one attached hydrogen (secondary N) is 1. The number of rotatable bonds is 4. The number of fused-ring (bicyclic) bond motifs is 2. The fourth-order valence-electron chi connectivity index (χ4n) is 3.86. The van der Waals surface area contributed by atoms with Crippen LogP contribution >= 0.6 is 0 Å². The summed E-state index contributed by atoms with van der Waals surface area (Å²) in [5.41, 5.74) is 5.79. The minimum Gasteiger partial charge on any atom is -0.372 e. The monoisotopic (exact) mass is 336 g/mol. The van der Waals surface area contributed by atoms with Crippen LogP contribution in [0.15, 0.2) is 42.5 Å². The van der Waals surface area contributed by atoms with Gasteiger partial charge in [-0.25, -0.2) is 0 Å². The lowest BCUT2D eigenvalue weighted by molar-refractivity contribution is 0.0922. The third kappa shape index (κ3) is 3.46. The molecule has 0 saturated heterocycles. The van der Waals surface area contributed by atoms with Crippen LogP contribution in [0.2, 0.25) is 0 Å². The highest BCUT2D eigenvalue weighted by Gasteiger charge is 2.22. The fourth-order valence-corrected chi connectivity index (χ4v) is 3.86. The van der Waals surface area contributed by atoms with Crippen LogP contribution in [0.4, 0.5) is 0 Å². The molecule has 0 fully saturated rings. The standard InChI is InChI=1S/C21H24N2O2/c1-15(11-23-10-9-16-5-2-3-6-17(16)12-23)22-21(24)19-8-4-7-18-13-25-14-20(18)19/h2-8,15H,9-14H2,1H3,(H,22,24). The lowest BCUT2D eigenvalue weighted by Crippen LogP contribution is -2.43. The van der Waals surface area contributed by atoms with Crippen molar-refractivity contribution in [3.05, 3.63) is 70.3 Å². The van der Waals surface area contributed by atoms with Crippen LogP contribution in [-0.4, -0.2) is 29.9 Å². The Morgan fingerprint density at radius 2 is 1.92 bits per heavy atom. The maximum atomic E-state index is 12.7. The highest BCUT2D eigenvalue weighted by atomic mass is 16.5.